The number of carbonyl (C=O) groups is 3. The van der Waals surface area contributed by atoms with E-state index in [1.165, 1.54) is 26.2 Å². The van der Waals surface area contributed by atoms with Crippen LogP contribution in [0.1, 0.15) is 49.4 Å². The van der Waals surface area contributed by atoms with Crippen LogP contribution < -0.4 is 14.8 Å². The average molecular weight is 373 g/mol. The van der Waals surface area contributed by atoms with Crippen LogP contribution in [-0.2, 0) is 14.3 Å². The van der Waals surface area contributed by atoms with Gasteiger partial charge in [-0.05, 0) is 50.0 Å². The van der Waals surface area contributed by atoms with Crippen molar-refractivity contribution in [2.24, 2.45) is 17.8 Å². The van der Waals surface area contributed by atoms with Crippen molar-refractivity contribution in [3.05, 3.63) is 17.7 Å². The van der Waals surface area contributed by atoms with Crippen molar-refractivity contribution in [3.8, 4) is 11.5 Å². The zero-order chi connectivity index (χ0) is 19.0. The average Bonchev–Trinajstić information content (AvgIpc) is 3.35. The SMILES string of the molecule is CC(=O)c1cc2c(cc1NC(=O)COC(=O)C[C@@H]1C[C@@H]3CC[C@@H]1C3)OCO2. The second kappa shape index (κ2) is 7.21. The van der Waals surface area contributed by atoms with Gasteiger partial charge in [-0.2, -0.15) is 0 Å². The number of ketones is 1. The molecule has 3 atom stereocenters. The molecule has 2 saturated carbocycles. The lowest BCUT2D eigenvalue weighted by Gasteiger charge is -2.20. The van der Waals surface area contributed by atoms with Crippen molar-refractivity contribution in [2.75, 3.05) is 18.7 Å². The molecule has 7 nitrogen and oxygen atoms in total. The van der Waals surface area contributed by atoms with Crippen LogP contribution in [0.3, 0.4) is 0 Å². The number of hydrogen-bond donors (Lipinski definition) is 1. The zero-order valence-corrected chi connectivity index (χ0v) is 15.3. The number of rotatable bonds is 6. The van der Waals surface area contributed by atoms with Crippen LogP contribution in [0.15, 0.2) is 12.1 Å². The minimum atomic E-state index is -0.488. The first-order valence-electron chi connectivity index (χ1n) is 9.39. The van der Waals surface area contributed by atoms with Gasteiger partial charge in [-0.25, -0.2) is 0 Å². The third kappa shape index (κ3) is 3.77. The van der Waals surface area contributed by atoms with Gasteiger partial charge in [0.1, 0.15) is 0 Å². The lowest BCUT2D eigenvalue weighted by Crippen LogP contribution is -2.23. The highest BCUT2D eigenvalue weighted by molar-refractivity contribution is 6.05. The van der Waals surface area contributed by atoms with Gasteiger partial charge in [-0.3, -0.25) is 14.4 Å². The maximum atomic E-state index is 12.2. The Labute approximate surface area is 157 Å². The first kappa shape index (κ1) is 17.8. The highest BCUT2D eigenvalue weighted by atomic mass is 16.7. The molecule has 0 unspecified atom stereocenters. The minimum absolute atomic E-state index is 0.0741. The van der Waals surface area contributed by atoms with Crippen molar-refractivity contribution < 1.29 is 28.6 Å². The Kier molecular flexibility index (Phi) is 4.76. The summed E-state index contributed by atoms with van der Waals surface area (Å²) < 4.78 is 15.7. The number of Topliss-reactive ketones (excluding diaryl/α,β-unsaturated/α-hetero) is 1. The van der Waals surface area contributed by atoms with Crippen LogP contribution in [0, 0.1) is 17.8 Å². The van der Waals surface area contributed by atoms with Gasteiger partial charge in [-0.15, -0.1) is 0 Å². The Hall–Kier alpha value is -2.57. The standard InChI is InChI=1S/C20H23NO6/c1-11(22)15-7-17-18(27-10-26-17)8-16(15)21-19(23)9-25-20(24)6-14-5-12-2-3-13(14)4-12/h7-8,12-14H,2-6,9-10H2,1H3,(H,21,23)/t12-,13-,14+/m1/s1. The minimum Gasteiger partial charge on any atom is -0.456 e. The summed E-state index contributed by atoms with van der Waals surface area (Å²) in [6, 6.07) is 3.09. The van der Waals surface area contributed by atoms with Gasteiger partial charge in [0.05, 0.1) is 5.69 Å². The molecule has 1 amide bonds. The molecule has 7 heteroatoms. The van der Waals surface area contributed by atoms with Crippen LogP contribution in [0.5, 0.6) is 11.5 Å². The number of carbonyl (C=O) groups excluding carboxylic acids is 3. The lowest BCUT2D eigenvalue weighted by molar-refractivity contribution is -0.148. The molecule has 27 heavy (non-hydrogen) atoms. The summed E-state index contributed by atoms with van der Waals surface area (Å²) in [5.74, 6) is 1.71. The fourth-order valence-corrected chi connectivity index (χ4v) is 4.57. The number of nitrogens with one attached hydrogen (secondary N) is 1. The molecule has 1 N–H and O–H groups in total. The number of fused-ring (bicyclic) bond motifs is 3. The van der Waals surface area contributed by atoms with E-state index in [2.05, 4.69) is 5.32 Å². The van der Waals surface area contributed by atoms with E-state index in [9.17, 15) is 14.4 Å². The lowest BCUT2D eigenvalue weighted by atomic mass is 9.86. The maximum absolute atomic E-state index is 12.2. The quantitative estimate of drug-likeness (QED) is 0.609. The fourth-order valence-electron chi connectivity index (χ4n) is 4.57. The second-order valence-electron chi connectivity index (χ2n) is 7.66. The number of esters is 1. The Morgan fingerprint density at radius 1 is 1.15 bits per heavy atom. The van der Waals surface area contributed by atoms with Gasteiger partial charge in [0.25, 0.3) is 5.91 Å². The summed E-state index contributed by atoms with van der Waals surface area (Å²) in [6.45, 7) is 1.11. The van der Waals surface area contributed by atoms with Gasteiger partial charge in [0, 0.05) is 18.1 Å². The first-order valence-corrected chi connectivity index (χ1v) is 9.39. The molecule has 144 valence electrons. The van der Waals surface area contributed by atoms with Crippen molar-refractivity contribution in [1.29, 1.82) is 0 Å². The summed E-state index contributed by atoms with van der Waals surface area (Å²) in [6.07, 6.45) is 5.21. The molecule has 1 aromatic carbocycles. The molecule has 4 rings (SSSR count). The summed E-state index contributed by atoms with van der Waals surface area (Å²) in [7, 11) is 0. The molecule has 2 fully saturated rings. The third-order valence-electron chi connectivity index (χ3n) is 5.84. The highest BCUT2D eigenvalue weighted by Crippen LogP contribution is 2.49. The van der Waals surface area contributed by atoms with E-state index < -0.39 is 5.91 Å². The summed E-state index contributed by atoms with van der Waals surface area (Å²) in [4.78, 5) is 36.1. The first-order chi connectivity index (χ1) is 13.0. The molecule has 0 aromatic heterocycles. The molecule has 2 bridgehead atoms. The molecular weight excluding hydrogens is 350 g/mol. The van der Waals surface area contributed by atoms with E-state index in [4.69, 9.17) is 14.2 Å². The normalized spacial score (nSPS) is 24.7. The van der Waals surface area contributed by atoms with E-state index in [1.54, 1.807) is 12.1 Å². The maximum Gasteiger partial charge on any atom is 0.306 e. The summed E-state index contributed by atoms with van der Waals surface area (Å²) in [5.41, 5.74) is 0.641. The summed E-state index contributed by atoms with van der Waals surface area (Å²) >= 11 is 0. The Morgan fingerprint density at radius 2 is 1.93 bits per heavy atom. The van der Waals surface area contributed by atoms with E-state index in [1.807, 2.05) is 0 Å². The molecule has 1 heterocycles. The molecule has 3 aliphatic rings. The van der Waals surface area contributed by atoms with Crippen molar-refractivity contribution in [1.82, 2.24) is 0 Å². The Morgan fingerprint density at radius 3 is 2.59 bits per heavy atom. The zero-order valence-electron chi connectivity index (χ0n) is 15.3. The smallest absolute Gasteiger partial charge is 0.306 e. The monoisotopic (exact) mass is 373 g/mol. The Bertz CT molecular complexity index is 789. The molecule has 2 aliphatic carbocycles. The molecule has 1 aliphatic heterocycles. The van der Waals surface area contributed by atoms with E-state index in [-0.39, 0.29) is 25.2 Å². The van der Waals surface area contributed by atoms with Gasteiger partial charge in [0.15, 0.2) is 23.9 Å². The van der Waals surface area contributed by atoms with Gasteiger partial charge in [0.2, 0.25) is 6.79 Å². The predicted octanol–water partition coefficient (Wildman–Crippen LogP) is 2.93. The summed E-state index contributed by atoms with van der Waals surface area (Å²) in [5, 5.41) is 2.63. The van der Waals surface area contributed by atoms with Crippen LogP contribution in [0.4, 0.5) is 5.69 Å². The molecule has 1 aromatic rings. The van der Waals surface area contributed by atoms with Gasteiger partial charge >= 0.3 is 5.97 Å². The van der Waals surface area contributed by atoms with Gasteiger partial charge in [-0.1, -0.05) is 6.42 Å². The van der Waals surface area contributed by atoms with Crippen LogP contribution in [-0.4, -0.2) is 31.1 Å². The Balaban J connectivity index is 1.31. The van der Waals surface area contributed by atoms with E-state index in [0.29, 0.717) is 41.0 Å². The topological polar surface area (TPSA) is 90.9 Å². The van der Waals surface area contributed by atoms with Crippen LogP contribution in [0.2, 0.25) is 0 Å². The van der Waals surface area contributed by atoms with Crippen LogP contribution >= 0.6 is 0 Å². The molecule has 0 spiro atoms. The van der Waals surface area contributed by atoms with Crippen molar-refractivity contribution in [3.63, 3.8) is 0 Å². The predicted molar refractivity (Wildman–Crippen MR) is 95.7 cm³/mol. The number of anilines is 1. The largest absolute Gasteiger partial charge is 0.456 e. The number of hydrogen-bond acceptors (Lipinski definition) is 6. The number of amides is 1. The molecule has 0 saturated heterocycles. The molecule has 0 radical (unpaired) electrons. The van der Waals surface area contributed by atoms with E-state index in [0.717, 1.165) is 12.3 Å². The number of benzene rings is 1. The van der Waals surface area contributed by atoms with E-state index >= 15 is 0 Å². The fraction of sp³-hybridized carbons (Fsp3) is 0.550. The van der Waals surface area contributed by atoms with Crippen molar-refractivity contribution in [2.45, 2.75) is 39.0 Å². The van der Waals surface area contributed by atoms with Crippen LogP contribution in [0.25, 0.3) is 0 Å². The van der Waals surface area contributed by atoms with Crippen molar-refractivity contribution >= 4 is 23.3 Å². The van der Waals surface area contributed by atoms with Gasteiger partial charge < -0.3 is 19.5 Å². The highest BCUT2D eigenvalue weighted by Gasteiger charge is 2.40. The third-order valence-corrected chi connectivity index (χ3v) is 5.84. The second-order valence-corrected chi connectivity index (χ2v) is 7.66. The number of ether oxygens (including phenoxy) is 3. The molecular formula is C20H23NO6.